The first-order chi connectivity index (χ1) is 9.60. The summed E-state index contributed by atoms with van der Waals surface area (Å²) in [4.78, 5) is 11.3. The lowest BCUT2D eigenvalue weighted by molar-refractivity contribution is -0.140. The quantitative estimate of drug-likeness (QED) is 0.514. The van der Waals surface area contributed by atoms with Crippen molar-refractivity contribution in [2.45, 2.75) is 51.9 Å². The average molecular weight is 283 g/mol. The van der Waals surface area contributed by atoms with Gasteiger partial charge in [0, 0.05) is 31.6 Å². The first-order valence-electron chi connectivity index (χ1n) is 7.08. The number of esters is 1. The molecule has 0 aliphatic carbocycles. The third-order valence-electron chi connectivity index (χ3n) is 3.66. The van der Waals surface area contributed by atoms with Gasteiger partial charge in [-0.25, -0.2) is 0 Å². The van der Waals surface area contributed by atoms with Crippen LogP contribution in [0.3, 0.4) is 0 Å². The maximum atomic E-state index is 11.3. The summed E-state index contributed by atoms with van der Waals surface area (Å²) in [5.41, 5.74) is 2.07. The highest BCUT2D eigenvalue weighted by molar-refractivity contribution is 5.69. The molecule has 0 saturated heterocycles. The lowest BCUT2D eigenvalue weighted by Crippen LogP contribution is -2.07. The lowest BCUT2D eigenvalue weighted by atomic mass is 9.91. The molecule has 0 aliphatic heterocycles. The zero-order chi connectivity index (χ0) is 15.0. The molecule has 1 unspecified atom stereocenters. The summed E-state index contributed by atoms with van der Waals surface area (Å²) in [6, 6.07) is 0. The molecule has 1 rings (SSSR count). The van der Waals surface area contributed by atoms with E-state index in [1.807, 2.05) is 13.8 Å². The Kier molecular flexibility index (Phi) is 7.30. The van der Waals surface area contributed by atoms with Crippen molar-refractivity contribution in [2.24, 2.45) is 0 Å². The van der Waals surface area contributed by atoms with Crippen molar-refractivity contribution in [1.29, 1.82) is 0 Å². The van der Waals surface area contributed by atoms with Crippen LogP contribution in [0.25, 0.3) is 0 Å². The van der Waals surface area contributed by atoms with Crippen LogP contribution >= 0.6 is 0 Å². The molecule has 0 N–H and O–H groups in total. The second-order valence-corrected chi connectivity index (χ2v) is 5.05. The van der Waals surface area contributed by atoms with Gasteiger partial charge in [0.15, 0.2) is 0 Å². The monoisotopic (exact) mass is 283 g/mol. The van der Waals surface area contributed by atoms with E-state index < -0.39 is 0 Å². The van der Waals surface area contributed by atoms with Gasteiger partial charge in [-0.05, 0) is 33.1 Å². The zero-order valence-electron chi connectivity index (χ0n) is 12.9. The molecule has 1 aromatic heterocycles. The van der Waals surface area contributed by atoms with Crippen LogP contribution in [0.1, 0.15) is 55.0 Å². The molecule has 1 atom stereocenters. The third kappa shape index (κ3) is 4.96. The van der Waals surface area contributed by atoms with Gasteiger partial charge < -0.3 is 14.0 Å². The molecule has 0 aliphatic rings. The number of unbranched alkanes of at least 4 members (excludes halogenated alkanes) is 1. The number of nitrogens with zero attached hydrogens (tertiary/aromatic N) is 1. The van der Waals surface area contributed by atoms with Crippen molar-refractivity contribution in [1.82, 2.24) is 5.16 Å². The number of hydrogen-bond donors (Lipinski definition) is 0. The van der Waals surface area contributed by atoms with Gasteiger partial charge >= 0.3 is 5.97 Å². The van der Waals surface area contributed by atoms with Gasteiger partial charge in [-0.15, -0.1) is 0 Å². The van der Waals surface area contributed by atoms with E-state index in [2.05, 4.69) is 5.16 Å². The fraction of sp³-hybridized carbons (Fsp3) is 0.733. The topological polar surface area (TPSA) is 61.6 Å². The van der Waals surface area contributed by atoms with Gasteiger partial charge in [0.1, 0.15) is 5.76 Å². The van der Waals surface area contributed by atoms with Crippen LogP contribution in [0.4, 0.5) is 0 Å². The summed E-state index contributed by atoms with van der Waals surface area (Å²) in [5.74, 6) is 0.910. The standard InChI is InChI=1S/C15H25NO4/c1-11-12(2)20-16-15(11)13(7-5-6-10-18-3)8-9-14(17)19-4/h13H,5-10H2,1-4H3. The van der Waals surface area contributed by atoms with Crippen LogP contribution in [0, 0.1) is 13.8 Å². The van der Waals surface area contributed by atoms with E-state index in [-0.39, 0.29) is 11.9 Å². The lowest BCUT2D eigenvalue weighted by Gasteiger charge is -2.14. The van der Waals surface area contributed by atoms with E-state index in [4.69, 9.17) is 14.0 Å². The first-order valence-corrected chi connectivity index (χ1v) is 7.08. The van der Waals surface area contributed by atoms with Crippen molar-refractivity contribution in [3.05, 3.63) is 17.0 Å². The first kappa shape index (κ1) is 16.7. The number of aryl methyl sites for hydroxylation is 1. The van der Waals surface area contributed by atoms with Gasteiger partial charge in [0.2, 0.25) is 0 Å². The van der Waals surface area contributed by atoms with E-state index in [9.17, 15) is 4.79 Å². The predicted molar refractivity (Wildman–Crippen MR) is 75.7 cm³/mol. The molecule has 5 nitrogen and oxygen atoms in total. The van der Waals surface area contributed by atoms with Crippen molar-refractivity contribution in [3.8, 4) is 0 Å². The maximum absolute atomic E-state index is 11.3. The van der Waals surface area contributed by atoms with Crippen LogP contribution in [-0.4, -0.2) is 32.0 Å². The van der Waals surface area contributed by atoms with Gasteiger partial charge in [0.05, 0.1) is 12.8 Å². The molecular formula is C15H25NO4. The molecule has 0 saturated carbocycles. The number of hydrogen-bond acceptors (Lipinski definition) is 5. The largest absolute Gasteiger partial charge is 0.469 e. The van der Waals surface area contributed by atoms with Gasteiger partial charge in [-0.3, -0.25) is 4.79 Å². The maximum Gasteiger partial charge on any atom is 0.305 e. The molecular weight excluding hydrogens is 258 g/mol. The van der Waals surface area contributed by atoms with Crippen LogP contribution in [0.2, 0.25) is 0 Å². The highest BCUT2D eigenvalue weighted by Crippen LogP contribution is 2.30. The molecule has 114 valence electrons. The summed E-state index contributed by atoms with van der Waals surface area (Å²) in [6.07, 6.45) is 4.20. The van der Waals surface area contributed by atoms with Crippen molar-refractivity contribution < 1.29 is 18.8 Å². The fourth-order valence-corrected chi connectivity index (χ4v) is 2.26. The second-order valence-electron chi connectivity index (χ2n) is 5.05. The van der Waals surface area contributed by atoms with Crippen LogP contribution < -0.4 is 0 Å². The van der Waals surface area contributed by atoms with E-state index in [1.54, 1.807) is 7.11 Å². The average Bonchev–Trinajstić information content (AvgIpc) is 2.78. The van der Waals surface area contributed by atoms with Crippen molar-refractivity contribution in [3.63, 3.8) is 0 Å². The van der Waals surface area contributed by atoms with Gasteiger partial charge in [-0.1, -0.05) is 11.6 Å². The molecule has 0 aromatic carbocycles. The Morgan fingerprint density at radius 3 is 2.55 bits per heavy atom. The van der Waals surface area contributed by atoms with Gasteiger partial charge in [0.25, 0.3) is 0 Å². The second kappa shape index (κ2) is 8.74. The zero-order valence-corrected chi connectivity index (χ0v) is 12.9. The number of aromatic nitrogens is 1. The Labute approximate surface area is 120 Å². The molecule has 0 spiro atoms. The Balaban J connectivity index is 2.63. The summed E-state index contributed by atoms with van der Waals surface area (Å²) < 4.78 is 15.0. The molecule has 0 amide bonds. The summed E-state index contributed by atoms with van der Waals surface area (Å²) in [7, 11) is 3.13. The molecule has 0 bridgehead atoms. The smallest absolute Gasteiger partial charge is 0.305 e. The number of carbonyl (C=O) groups is 1. The minimum Gasteiger partial charge on any atom is -0.469 e. The van der Waals surface area contributed by atoms with E-state index >= 15 is 0 Å². The highest BCUT2D eigenvalue weighted by atomic mass is 16.5. The third-order valence-corrected chi connectivity index (χ3v) is 3.66. The van der Waals surface area contributed by atoms with Gasteiger partial charge in [-0.2, -0.15) is 0 Å². The summed E-state index contributed by atoms with van der Waals surface area (Å²) in [5, 5.41) is 4.16. The van der Waals surface area contributed by atoms with E-state index in [0.717, 1.165) is 49.3 Å². The van der Waals surface area contributed by atoms with Crippen LogP contribution in [-0.2, 0) is 14.3 Å². The molecule has 5 heteroatoms. The Morgan fingerprint density at radius 2 is 2.00 bits per heavy atom. The van der Waals surface area contributed by atoms with E-state index in [1.165, 1.54) is 7.11 Å². The predicted octanol–water partition coefficient (Wildman–Crippen LogP) is 3.14. The number of carbonyl (C=O) groups excluding carboxylic acids is 1. The Morgan fingerprint density at radius 1 is 1.25 bits per heavy atom. The molecule has 20 heavy (non-hydrogen) atoms. The highest BCUT2D eigenvalue weighted by Gasteiger charge is 2.20. The SMILES string of the molecule is COCCCCC(CCC(=O)OC)c1noc(C)c1C. The normalized spacial score (nSPS) is 12.4. The molecule has 1 heterocycles. The minimum atomic E-state index is -0.176. The van der Waals surface area contributed by atoms with Crippen LogP contribution in [0.15, 0.2) is 4.52 Å². The number of ether oxygens (including phenoxy) is 2. The molecule has 0 radical (unpaired) electrons. The minimum absolute atomic E-state index is 0.176. The Hall–Kier alpha value is -1.36. The number of methoxy groups -OCH3 is 2. The number of rotatable bonds is 9. The van der Waals surface area contributed by atoms with Crippen molar-refractivity contribution in [2.75, 3.05) is 20.8 Å². The molecule has 1 aromatic rings. The molecule has 0 fully saturated rings. The fourth-order valence-electron chi connectivity index (χ4n) is 2.26. The summed E-state index contributed by atoms with van der Waals surface area (Å²) >= 11 is 0. The van der Waals surface area contributed by atoms with E-state index in [0.29, 0.717) is 6.42 Å². The Bertz CT molecular complexity index is 414. The van der Waals surface area contributed by atoms with Crippen LogP contribution in [0.5, 0.6) is 0 Å². The summed E-state index contributed by atoms with van der Waals surface area (Å²) in [6.45, 7) is 4.69. The van der Waals surface area contributed by atoms with Crippen molar-refractivity contribution >= 4 is 5.97 Å².